The highest BCUT2D eigenvalue weighted by molar-refractivity contribution is 4.97. The van der Waals surface area contributed by atoms with Crippen molar-refractivity contribution in [3.05, 3.63) is 11.7 Å². The van der Waals surface area contributed by atoms with Gasteiger partial charge in [-0.05, 0) is 12.8 Å². The van der Waals surface area contributed by atoms with E-state index in [0.29, 0.717) is 31.3 Å². The summed E-state index contributed by atoms with van der Waals surface area (Å²) in [5, 5.41) is 16.4. The van der Waals surface area contributed by atoms with Gasteiger partial charge in [0.2, 0.25) is 5.89 Å². The summed E-state index contributed by atoms with van der Waals surface area (Å²) in [6.45, 7) is 1.29. The normalized spacial score (nSPS) is 25.1. The molecule has 0 amide bonds. The lowest BCUT2D eigenvalue weighted by Crippen LogP contribution is -2.15. The molecule has 1 fully saturated rings. The average molecular weight is 227 g/mol. The maximum Gasteiger partial charge on any atom is 0.243 e. The van der Waals surface area contributed by atoms with Gasteiger partial charge in [-0.15, -0.1) is 0 Å². The minimum absolute atomic E-state index is 0.00123. The molecule has 2 unspecified atom stereocenters. The van der Waals surface area contributed by atoms with Crippen LogP contribution in [-0.4, -0.2) is 41.6 Å². The third-order valence-corrected chi connectivity index (χ3v) is 2.64. The van der Waals surface area contributed by atoms with E-state index in [-0.39, 0.29) is 12.1 Å². The summed E-state index contributed by atoms with van der Waals surface area (Å²) >= 11 is 0. The lowest BCUT2D eigenvalue weighted by atomic mass is 10.2. The van der Waals surface area contributed by atoms with Crippen LogP contribution in [0.4, 0.5) is 0 Å². The predicted molar refractivity (Wildman–Crippen MR) is 55.9 cm³/mol. The molecule has 1 aromatic heterocycles. The number of rotatable bonds is 5. The van der Waals surface area contributed by atoms with E-state index < -0.39 is 0 Å². The van der Waals surface area contributed by atoms with Crippen molar-refractivity contribution in [1.29, 1.82) is 0 Å². The average Bonchev–Trinajstić information content (AvgIpc) is 2.87. The van der Waals surface area contributed by atoms with Crippen LogP contribution in [-0.2, 0) is 11.2 Å². The first-order valence-electron chi connectivity index (χ1n) is 5.52. The van der Waals surface area contributed by atoms with Crippen molar-refractivity contribution in [2.45, 2.75) is 31.4 Å². The van der Waals surface area contributed by atoms with Crippen LogP contribution in [0.5, 0.6) is 0 Å². The lowest BCUT2D eigenvalue weighted by molar-refractivity contribution is 0.190. The van der Waals surface area contributed by atoms with E-state index in [0.717, 1.165) is 12.8 Å². The Labute approximate surface area is 94.0 Å². The van der Waals surface area contributed by atoms with Gasteiger partial charge in [0.1, 0.15) is 0 Å². The quantitative estimate of drug-likeness (QED) is 0.691. The van der Waals surface area contributed by atoms with Gasteiger partial charge in [0.05, 0.1) is 12.1 Å². The molecule has 0 spiro atoms. The first-order chi connectivity index (χ1) is 7.79. The van der Waals surface area contributed by atoms with Crippen LogP contribution < -0.4 is 5.32 Å². The van der Waals surface area contributed by atoms with Crippen LogP contribution in [0.1, 0.15) is 30.6 Å². The van der Waals surface area contributed by atoms with Crippen LogP contribution in [0, 0.1) is 0 Å². The molecule has 6 nitrogen and oxygen atoms in total. The summed E-state index contributed by atoms with van der Waals surface area (Å²) in [5.41, 5.74) is 0. The minimum Gasteiger partial charge on any atom is -0.392 e. The Kier molecular flexibility index (Phi) is 3.87. The van der Waals surface area contributed by atoms with Crippen LogP contribution >= 0.6 is 0 Å². The molecule has 2 atom stereocenters. The van der Waals surface area contributed by atoms with Gasteiger partial charge in [0.25, 0.3) is 0 Å². The number of nitrogens with one attached hydrogen (secondary N) is 1. The fourth-order valence-electron chi connectivity index (χ4n) is 1.79. The molecule has 0 aliphatic carbocycles. The zero-order valence-electron chi connectivity index (χ0n) is 9.35. The second kappa shape index (κ2) is 5.38. The van der Waals surface area contributed by atoms with Crippen molar-refractivity contribution < 1.29 is 14.4 Å². The number of aliphatic hydroxyl groups is 1. The van der Waals surface area contributed by atoms with Gasteiger partial charge in [-0.25, -0.2) is 0 Å². The number of hydrogen-bond acceptors (Lipinski definition) is 6. The highest BCUT2D eigenvalue weighted by Crippen LogP contribution is 2.21. The maximum atomic E-state index is 9.37. The van der Waals surface area contributed by atoms with Crippen LogP contribution in [0.25, 0.3) is 0 Å². The Morgan fingerprint density at radius 3 is 3.19 bits per heavy atom. The van der Waals surface area contributed by atoms with Crippen LogP contribution in [0.2, 0.25) is 0 Å². The lowest BCUT2D eigenvalue weighted by Gasteiger charge is -2.01. The van der Waals surface area contributed by atoms with Gasteiger partial charge in [-0.1, -0.05) is 5.16 Å². The number of aliphatic hydroxyl groups excluding tert-OH is 1. The molecule has 90 valence electrons. The standard InChI is InChI=1S/C10H17N3O3/c1-15-4-2-3-9-12-10(16-13-9)8-5-7(14)6-11-8/h7-8,11,14H,2-6H2,1H3. The zero-order valence-corrected chi connectivity index (χ0v) is 9.35. The van der Waals surface area contributed by atoms with Gasteiger partial charge in [0.15, 0.2) is 5.82 Å². The Bertz CT molecular complexity index is 329. The number of β-amino-alcohol motifs (C(OH)–C–C–N with tert-alkyl or cyclic N) is 1. The van der Waals surface area contributed by atoms with E-state index in [4.69, 9.17) is 9.26 Å². The summed E-state index contributed by atoms with van der Waals surface area (Å²) in [4.78, 5) is 4.29. The molecule has 2 N–H and O–H groups in total. The SMILES string of the molecule is COCCCc1noc(C2CC(O)CN2)n1. The number of ether oxygens (including phenoxy) is 1. The van der Waals surface area contributed by atoms with Crippen molar-refractivity contribution in [2.75, 3.05) is 20.3 Å². The van der Waals surface area contributed by atoms with Gasteiger partial charge in [-0.3, -0.25) is 0 Å². The molecule has 0 radical (unpaired) electrons. The first kappa shape index (κ1) is 11.5. The van der Waals surface area contributed by atoms with Crippen molar-refractivity contribution in [3.8, 4) is 0 Å². The summed E-state index contributed by atoms with van der Waals surface area (Å²) < 4.78 is 10.1. The van der Waals surface area contributed by atoms with Crippen LogP contribution in [0.3, 0.4) is 0 Å². The first-order valence-corrected chi connectivity index (χ1v) is 5.52. The van der Waals surface area contributed by atoms with Crippen molar-refractivity contribution in [2.24, 2.45) is 0 Å². The van der Waals surface area contributed by atoms with E-state index in [1.807, 2.05) is 0 Å². The Balaban J connectivity index is 1.87. The summed E-state index contributed by atoms with van der Waals surface area (Å²) in [6.07, 6.45) is 1.97. The van der Waals surface area contributed by atoms with Crippen molar-refractivity contribution in [1.82, 2.24) is 15.5 Å². The third-order valence-electron chi connectivity index (χ3n) is 2.64. The monoisotopic (exact) mass is 227 g/mol. The van der Waals surface area contributed by atoms with E-state index in [1.54, 1.807) is 7.11 Å². The van der Waals surface area contributed by atoms with Crippen molar-refractivity contribution in [3.63, 3.8) is 0 Å². The second-order valence-electron chi connectivity index (χ2n) is 4.00. The molecule has 0 aromatic carbocycles. The number of hydrogen-bond donors (Lipinski definition) is 2. The van der Waals surface area contributed by atoms with E-state index in [9.17, 15) is 5.11 Å². The zero-order chi connectivity index (χ0) is 11.4. The fourth-order valence-corrected chi connectivity index (χ4v) is 1.79. The summed E-state index contributed by atoms with van der Waals surface area (Å²) in [5.74, 6) is 1.28. The summed E-state index contributed by atoms with van der Waals surface area (Å²) in [7, 11) is 1.67. The fraction of sp³-hybridized carbons (Fsp3) is 0.800. The van der Waals surface area contributed by atoms with Gasteiger partial charge >= 0.3 is 0 Å². The largest absolute Gasteiger partial charge is 0.392 e. The van der Waals surface area contributed by atoms with E-state index in [2.05, 4.69) is 15.5 Å². The molecule has 1 aromatic rings. The van der Waals surface area contributed by atoms with Gasteiger partial charge in [-0.2, -0.15) is 4.98 Å². The molecule has 6 heteroatoms. The Hall–Kier alpha value is -0.980. The maximum absolute atomic E-state index is 9.37. The molecule has 1 aliphatic rings. The molecular formula is C10H17N3O3. The Morgan fingerprint density at radius 1 is 1.62 bits per heavy atom. The number of nitrogens with zero attached hydrogens (tertiary/aromatic N) is 2. The minimum atomic E-state index is -0.311. The van der Waals surface area contributed by atoms with Crippen LogP contribution in [0.15, 0.2) is 4.52 Å². The number of aromatic nitrogens is 2. The topological polar surface area (TPSA) is 80.4 Å². The van der Waals surface area contributed by atoms with Gasteiger partial charge < -0.3 is 19.7 Å². The molecule has 1 saturated heterocycles. The second-order valence-corrected chi connectivity index (χ2v) is 4.00. The smallest absolute Gasteiger partial charge is 0.243 e. The third kappa shape index (κ3) is 2.78. The summed E-state index contributed by atoms with van der Waals surface area (Å²) in [6, 6.07) is -0.00123. The predicted octanol–water partition coefficient (Wildman–Crippen LogP) is 0.0439. The number of methoxy groups -OCH3 is 1. The number of aryl methyl sites for hydroxylation is 1. The molecule has 2 heterocycles. The molecule has 0 bridgehead atoms. The molecule has 2 rings (SSSR count). The molecule has 16 heavy (non-hydrogen) atoms. The molecular weight excluding hydrogens is 210 g/mol. The van der Waals surface area contributed by atoms with Gasteiger partial charge in [0, 0.05) is 26.7 Å². The molecule has 1 aliphatic heterocycles. The van der Waals surface area contributed by atoms with E-state index in [1.165, 1.54) is 0 Å². The molecule has 0 saturated carbocycles. The van der Waals surface area contributed by atoms with Crippen molar-refractivity contribution >= 4 is 0 Å². The highest BCUT2D eigenvalue weighted by Gasteiger charge is 2.27. The van der Waals surface area contributed by atoms with E-state index >= 15 is 0 Å². The highest BCUT2D eigenvalue weighted by atomic mass is 16.5. The Morgan fingerprint density at radius 2 is 2.50 bits per heavy atom.